The topological polar surface area (TPSA) is 30.5 Å². The van der Waals surface area contributed by atoms with Crippen LogP contribution in [0.3, 0.4) is 0 Å². The summed E-state index contributed by atoms with van der Waals surface area (Å²) in [4.78, 5) is 0. The van der Waals surface area contributed by atoms with Crippen molar-refractivity contribution in [3.05, 3.63) is 0 Å². The van der Waals surface area contributed by atoms with Crippen molar-refractivity contribution in [2.45, 2.75) is 72.0 Å². The van der Waals surface area contributed by atoms with E-state index in [1.165, 1.54) is 38.5 Å². The zero-order chi connectivity index (χ0) is 13.5. The van der Waals surface area contributed by atoms with Gasteiger partial charge in [-0.25, -0.2) is 0 Å². The SMILES string of the molecule is CCCCCCCCNCCC(OCC)OCC. The molecule has 0 aliphatic carbocycles. The summed E-state index contributed by atoms with van der Waals surface area (Å²) in [5.74, 6) is 0. The Hall–Kier alpha value is -0.120. The lowest BCUT2D eigenvalue weighted by atomic mass is 10.1. The lowest BCUT2D eigenvalue weighted by molar-refractivity contribution is -0.138. The first kappa shape index (κ1) is 17.9. The molecule has 0 aliphatic rings. The highest BCUT2D eigenvalue weighted by Crippen LogP contribution is 2.04. The second-order valence-corrected chi connectivity index (χ2v) is 4.65. The Morgan fingerprint density at radius 3 is 2.00 bits per heavy atom. The van der Waals surface area contributed by atoms with Gasteiger partial charge < -0.3 is 14.8 Å². The molecule has 0 unspecified atom stereocenters. The minimum Gasteiger partial charge on any atom is -0.353 e. The molecule has 3 nitrogen and oxygen atoms in total. The van der Waals surface area contributed by atoms with Gasteiger partial charge in [-0.1, -0.05) is 39.0 Å². The number of ether oxygens (including phenoxy) is 2. The van der Waals surface area contributed by atoms with E-state index in [9.17, 15) is 0 Å². The van der Waals surface area contributed by atoms with Crippen LogP contribution in [0.4, 0.5) is 0 Å². The van der Waals surface area contributed by atoms with Crippen molar-refractivity contribution in [3.8, 4) is 0 Å². The number of unbranched alkanes of at least 4 members (excludes halogenated alkanes) is 5. The fourth-order valence-corrected chi connectivity index (χ4v) is 1.96. The number of nitrogens with one attached hydrogen (secondary N) is 1. The van der Waals surface area contributed by atoms with Crippen LogP contribution in [0.15, 0.2) is 0 Å². The van der Waals surface area contributed by atoms with E-state index in [1.54, 1.807) is 0 Å². The molecule has 0 spiro atoms. The van der Waals surface area contributed by atoms with Gasteiger partial charge in [-0.05, 0) is 33.4 Å². The Labute approximate surface area is 114 Å². The van der Waals surface area contributed by atoms with Crippen LogP contribution < -0.4 is 5.32 Å². The van der Waals surface area contributed by atoms with Crippen LogP contribution >= 0.6 is 0 Å². The zero-order valence-electron chi connectivity index (χ0n) is 12.7. The van der Waals surface area contributed by atoms with Crippen molar-refractivity contribution in [1.29, 1.82) is 0 Å². The highest BCUT2D eigenvalue weighted by atomic mass is 16.7. The Morgan fingerprint density at radius 1 is 0.778 bits per heavy atom. The van der Waals surface area contributed by atoms with E-state index in [0.29, 0.717) is 0 Å². The molecule has 0 saturated heterocycles. The van der Waals surface area contributed by atoms with E-state index in [4.69, 9.17) is 9.47 Å². The molecule has 0 bridgehead atoms. The predicted octanol–water partition coefficient (Wildman–Crippen LogP) is 3.73. The van der Waals surface area contributed by atoms with Gasteiger partial charge >= 0.3 is 0 Å². The van der Waals surface area contributed by atoms with Gasteiger partial charge in [0.2, 0.25) is 0 Å². The van der Waals surface area contributed by atoms with Crippen LogP contribution in [-0.2, 0) is 9.47 Å². The van der Waals surface area contributed by atoms with Gasteiger partial charge in [0.1, 0.15) is 0 Å². The quantitative estimate of drug-likeness (QED) is 0.381. The molecule has 0 aliphatic heterocycles. The van der Waals surface area contributed by atoms with Crippen LogP contribution in [0.25, 0.3) is 0 Å². The minimum atomic E-state index is -0.0305. The van der Waals surface area contributed by atoms with E-state index in [-0.39, 0.29) is 6.29 Å². The van der Waals surface area contributed by atoms with Crippen molar-refractivity contribution in [2.24, 2.45) is 0 Å². The molecule has 0 rings (SSSR count). The number of hydrogen-bond acceptors (Lipinski definition) is 3. The molecule has 0 aromatic heterocycles. The molecular formula is C15H33NO2. The first-order valence-corrected chi connectivity index (χ1v) is 7.79. The maximum absolute atomic E-state index is 5.49. The minimum absolute atomic E-state index is 0.0305. The first-order valence-electron chi connectivity index (χ1n) is 7.79. The zero-order valence-corrected chi connectivity index (χ0v) is 12.7. The third kappa shape index (κ3) is 12.3. The van der Waals surface area contributed by atoms with Crippen LogP contribution in [0.1, 0.15) is 65.7 Å². The average Bonchev–Trinajstić information content (AvgIpc) is 2.37. The Kier molecular flexibility index (Phi) is 14.8. The van der Waals surface area contributed by atoms with E-state index < -0.39 is 0 Å². The lowest BCUT2D eigenvalue weighted by Crippen LogP contribution is -2.25. The summed E-state index contributed by atoms with van der Waals surface area (Å²) >= 11 is 0. The molecule has 0 amide bonds. The molecule has 0 fully saturated rings. The number of hydrogen-bond donors (Lipinski definition) is 1. The lowest BCUT2D eigenvalue weighted by Gasteiger charge is -2.16. The smallest absolute Gasteiger partial charge is 0.158 e. The third-order valence-corrected chi connectivity index (χ3v) is 2.97. The molecule has 0 aromatic rings. The molecule has 18 heavy (non-hydrogen) atoms. The number of rotatable bonds is 14. The summed E-state index contributed by atoms with van der Waals surface area (Å²) in [6, 6.07) is 0. The van der Waals surface area contributed by atoms with Crippen molar-refractivity contribution in [2.75, 3.05) is 26.3 Å². The van der Waals surface area contributed by atoms with E-state index in [2.05, 4.69) is 12.2 Å². The molecule has 0 saturated carbocycles. The Balaban J connectivity index is 3.21. The van der Waals surface area contributed by atoms with Crippen LogP contribution in [0.5, 0.6) is 0 Å². The third-order valence-electron chi connectivity index (χ3n) is 2.97. The monoisotopic (exact) mass is 259 g/mol. The molecule has 0 radical (unpaired) electrons. The summed E-state index contributed by atoms with van der Waals surface area (Å²) in [6.07, 6.45) is 9.05. The molecular weight excluding hydrogens is 226 g/mol. The standard InChI is InChI=1S/C15H33NO2/c1-4-7-8-9-10-11-13-16-14-12-15(17-5-2)18-6-3/h15-16H,4-14H2,1-3H3. The van der Waals surface area contributed by atoms with Gasteiger partial charge in [-0.15, -0.1) is 0 Å². The summed E-state index contributed by atoms with van der Waals surface area (Å²) in [5, 5.41) is 3.46. The van der Waals surface area contributed by atoms with Crippen molar-refractivity contribution >= 4 is 0 Å². The molecule has 0 heterocycles. The van der Waals surface area contributed by atoms with Gasteiger partial charge in [-0.2, -0.15) is 0 Å². The molecule has 0 aromatic carbocycles. The van der Waals surface area contributed by atoms with E-state index in [1.807, 2.05) is 13.8 Å². The molecule has 0 atom stereocenters. The van der Waals surface area contributed by atoms with Crippen LogP contribution in [-0.4, -0.2) is 32.6 Å². The predicted molar refractivity (Wildman–Crippen MR) is 77.9 cm³/mol. The molecule has 1 N–H and O–H groups in total. The van der Waals surface area contributed by atoms with E-state index in [0.717, 1.165) is 32.7 Å². The highest BCUT2D eigenvalue weighted by Gasteiger charge is 2.06. The van der Waals surface area contributed by atoms with Crippen LogP contribution in [0, 0.1) is 0 Å². The fourth-order valence-electron chi connectivity index (χ4n) is 1.96. The van der Waals surface area contributed by atoms with Gasteiger partial charge in [0, 0.05) is 19.6 Å². The second kappa shape index (κ2) is 14.9. The normalized spacial score (nSPS) is 11.3. The maximum Gasteiger partial charge on any atom is 0.158 e. The van der Waals surface area contributed by atoms with Gasteiger partial charge in [0.15, 0.2) is 6.29 Å². The Morgan fingerprint density at radius 2 is 1.39 bits per heavy atom. The second-order valence-electron chi connectivity index (χ2n) is 4.65. The summed E-state index contributed by atoms with van der Waals surface area (Å²) < 4.78 is 11.0. The Bertz CT molecular complexity index is 147. The largest absolute Gasteiger partial charge is 0.353 e. The van der Waals surface area contributed by atoms with Crippen molar-refractivity contribution in [1.82, 2.24) is 5.32 Å². The summed E-state index contributed by atoms with van der Waals surface area (Å²) in [6.45, 7) is 9.83. The van der Waals surface area contributed by atoms with Crippen LogP contribution in [0.2, 0.25) is 0 Å². The van der Waals surface area contributed by atoms with Gasteiger partial charge in [0.25, 0.3) is 0 Å². The summed E-state index contributed by atoms with van der Waals surface area (Å²) in [5.41, 5.74) is 0. The summed E-state index contributed by atoms with van der Waals surface area (Å²) in [7, 11) is 0. The van der Waals surface area contributed by atoms with Crippen molar-refractivity contribution < 1.29 is 9.47 Å². The van der Waals surface area contributed by atoms with Gasteiger partial charge in [0.05, 0.1) is 0 Å². The molecule has 3 heteroatoms. The van der Waals surface area contributed by atoms with Crippen molar-refractivity contribution in [3.63, 3.8) is 0 Å². The van der Waals surface area contributed by atoms with Gasteiger partial charge in [-0.3, -0.25) is 0 Å². The first-order chi connectivity index (χ1) is 8.85. The van der Waals surface area contributed by atoms with E-state index >= 15 is 0 Å². The maximum atomic E-state index is 5.49. The highest BCUT2D eigenvalue weighted by molar-refractivity contribution is 4.53. The molecule has 110 valence electrons. The average molecular weight is 259 g/mol. The fraction of sp³-hybridized carbons (Fsp3) is 1.00.